The lowest BCUT2D eigenvalue weighted by molar-refractivity contribution is -0.127. The number of β-amino-alcohol motifs (C(OH)–C–C–N with tert-alkyl or cyclic N) is 1. The third-order valence-corrected chi connectivity index (χ3v) is 3.44. The van der Waals surface area contributed by atoms with Crippen LogP contribution in [0.15, 0.2) is 18.3 Å². The summed E-state index contributed by atoms with van der Waals surface area (Å²) in [4.78, 5) is 28.1. The van der Waals surface area contributed by atoms with Crippen molar-refractivity contribution < 1.29 is 14.7 Å². The molecular weight excluding hydrogens is 246 g/mol. The molecule has 1 atom stereocenters. The molecule has 0 radical (unpaired) electrons. The first-order valence-electron chi connectivity index (χ1n) is 6.40. The van der Waals surface area contributed by atoms with E-state index in [4.69, 9.17) is 0 Å². The summed E-state index contributed by atoms with van der Waals surface area (Å²) in [7, 11) is 1.54. The van der Waals surface area contributed by atoms with Crippen LogP contribution in [-0.2, 0) is 4.79 Å². The lowest BCUT2D eigenvalue weighted by Gasteiger charge is -2.38. The second-order valence-electron chi connectivity index (χ2n) is 4.99. The molecule has 1 aliphatic rings. The number of aromatic amines is 1. The number of amides is 2. The van der Waals surface area contributed by atoms with Crippen LogP contribution in [0.2, 0.25) is 0 Å². The van der Waals surface area contributed by atoms with E-state index in [1.165, 1.54) is 7.05 Å². The first-order valence-corrected chi connectivity index (χ1v) is 6.40. The van der Waals surface area contributed by atoms with Gasteiger partial charge in [-0.3, -0.25) is 9.59 Å². The van der Waals surface area contributed by atoms with E-state index in [1.807, 2.05) is 0 Å². The zero-order chi connectivity index (χ0) is 13.9. The summed E-state index contributed by atoms with van der Waals surface area (Å²) in [5.74, 6) is -0.350. The highest BCUT2D eigenvalue weighted by Crippen LogP contribution is 2.25. The Morgan fingerprint density at radius 3 is 3.00 bits per heavy atom. The third-order valence-electron chi connectivity index (χ3n) is 3.44. The zero-order valence-corrected chi connectivity index (χ0v) is 11.0. The van der Waals surface area contributed by atoms with Gasteiger partial charge in [0.25, 0.3) is 5.91 Å². The highest BCUT2D eigenvalue weighted by atomic mass is 16.3. The molecule has 1 saturated heterocycles. The van der Waals surface area contributed by atoms with E-state index in [1.54, 1.807) is 23.2 Å². The molecular formula is C13H19N3O3. The van der Waals surface area contributed by atoms with Crippen LogP contribution in [0.3, 0.4) is 0 Å². The number of carbonyl (C=O) groups is 2. The quantitative estimate of drug-likeness (QED) is 0.725. The number of likely N-dealkylation sites (tertiary alicyclic amines) is 1. The molecule has 2 rings (SSSR count). The third kappa shape index (κ3) is 3.14. The molecule has 1 aromatic rings. The minimum Gasteiger partial charge on any atom is -0.388 e. The fourth-order valence-corrected chi connectivity index (χ4v) is 2.45. The molecule has 6 heteroatoms. The lowest BCUT2D eigenvalue weighted by atomic mass is 9.89. The monoisotopic (exact) mass is 265 g/mol. The summed E-state index contributed by atoms with van der Waals surface area (Å²) in [5, 5.41) is 12.9. The number of aromatic nitrogens is 1. The van der Waals surface area contributed by atoms with Crippen molar-refractivity contribution in [2.45, 2.75) is 24.9 Å². The molecule has 0 spiro atoms. The Morgan fingerprint density at radius 1 is 1.58 bits per heavy atom. The number of nitrogens with one attached hydrogen (secondary N) is 2. The summed E-state index contributed by atoms with van der Waals surface area (Å²) in [5.41, 5.74) is -0.621. The first kappa shape index (κ1) is 13.6. The van der Waals surface area contributed by atoms with Gasteiger partial charge in [0.05, 0.1) is 18.6 Å². The molecule has 1 aliphatic heterocycles. The molecule has 0 aromatic carbocycles. The normalized spacial score (nSPS) is 23.2. The van der Waals surface area contributed by atoms with E-state index in [2.05, 4.69) is 10.3 Å². The largest absolute Gasteiger partial charge is 0.388 e. The molecule has 2 amide bonds. The Morgan fingerprint density at radius 2 is 2.37 bits per heavy atom. The van der Waals surface area contributed by atoms with E-state index in [9.17, 15) is 14.7 Å². The number of hydrogen-bond acceptors (Lipinski definition) is 3. The van der Waals surface area contributed by atoms with Crippen LogP contribution in [0.4, 0.5) is 0 Å². The lowest BCUT2D eigenvalue weighted by Crippen LogP contribution is -2.52. The van der Waals surface area contributed by atoms with Crippen molar-refractivity contribution in [3.8, 4) is 0 Å². The molecule has 6 nitrogen and oxygen atoms in total. The van der Waals surface area contributed by atoms with Crippen molar-refractivity contribution >= 4 is 11.8 Å². The number of piperidine rings is 1. The van der Waals surface area contributed by atoms with Gasteiger partial charge in [-0.25, -0.2) is 0 Å². The van der Waals surface area contributed by atoms with Crippen LogP contribution in [0, 0.1) is 0 Å². The fraction of sp³-hybridized carbons (Fsp3) is 0.538. The molecule has 0 bridgehead atoms. The van der Waals surface area contributed by atoms with E-state index in [0.717, 1.165) is 0 Å². The minimum atomic E-state index is -1.12. The van der Waals surface area contributed by atoms with Crippen molar-refractivity contribution in [1.82, 2.24) is 15.2 Å². The molecule has 1 aromatic heterocycles. The summed E-state index contributed by atoms with van der Waals surface area (Å²) in [6, 6.07) is 3.46. The number of aliphatic hydroxyl groups is 1. The Hall–Kier alpha value is -1.82. The van der Waals surface area contributed by atoms with E-state index < -0.39 is 5.60 Å². The molecule has 1 fully saturated rings. The Kier molecular flexibility index (Phi) is 3.90. The van der Waals surface area contributed by atoms with Crippen LogP contribution in [0.5, 0.6) is 0 Å². The number of nitrogens with zero attached hydrogens (tertiary/aromatic N) is 1. The molecule has 19 heavy (non-hydrogen) atoms. The van der Waals surface area contributed by atoms with Gasteiger partial charge in [0.15, 0.2) is 0 Å². The summed E-state index contributed by atoms with van der Waals surface area (Å²) >= 11 is 0. The van der Waals surface area contributed by atoms with E-state index >= 15 is 0 Å². The molecule has 0 saturated carbocycles. The van der Waals surface area contributed by atoms with Crippen LogP contribution in [0.1, 0.15) is 29.8 Å². The van der Waals surface area contributed by atoms with E-state index in [0.29, 0.717) is 25.1 Å². The van der Waals surface area contributed by atoms with Crippen molar-refractivity contribution in [2.75, 3.05) is 20.1 Å². The maximum atomic E-state index is 12.2. The number of carbonyl (C=O) groups excluding carboxylic acids is 2. The van der Waals surface area contributed by atoms with Crippen LogP contribution < -0.4 is 5.32 Å². The van der Waals surface area contributed by atoms with Gasteiger partial charge in [-0.1, -0.05) is 0 Å². The minimum absolute atomic E-state index is 0.0258. The summed E-state index contributed by atoms with van der Waals surface area (Å²) in [6.07, 6.45) is 2.95. The van der Waals surface area contributed by atoms with E-state index in [-0.39, 0.29) is 24.8 Å². The number of rotatable bonds is 3. The van der Waals surface area contributed by atoms with Crippen molar-refractivity contribution in [1.29, 1.82) is 0 Å². The predicted molar refractivity (Wildman–Crippen MR) is 69.6 cm³/mol. The highest BCUT2D eigenvalue weighted by Gasteiger charge is 2.37. The zero-order valence-electron chi connectivity index (χ0n) is 11.0. The second-order valence-corrected chi connectivity index (χ2v) is 4.99. The molecule has 104 valence electrons. The van der Waals surface area contributed by atoms with Crippen molar-refractivity contribution in [2.24, 2.45) is 0 Å². The van der Waals surface area contributed by atoms with Gasteiger partial charge in [0.1, 0.15) is 5.69 Å². The Balaban J connectivity index is 2.04. The predicted octanol–water partition coefficient (Wildman–Crippen LogP) is 0.118. The SMILES string of the molecule is CNC(=O)CC1(O)CCCN(C(=O)c2ccc[nH]2)C1. The van der Waals surface area contributed by atoms with Crippen LogP contribution >= 0.6 is 0 Å². The van der Waals surface area contributed by atoms with Gasteiger partial charge >= 0.3 is 0 Å². The molecule has 3 N–H and O–H groups in total. The summed E-state index contributed by atoms with van der Waals surface area (Å²) in [6.45, 7) is 0.798. The summed E-state index contributed by atoms with van der Waals surface area (Å²) < 4.78 is 0. The topological polar surface area (TPSA) is 85.4 Å². The number of hydrogen-bond donors (Lipinski definition) is 3. The Bertz CT molecular complexity index is 458. The smallest absolute Gasteiger partial charge is 0.270 e. The second kappa shape index (κ2) is 5.44. The average Bonchev–Trinajstić information content (AvgIpc) is 2.91. The molecule has 0 aliphatic carbocycles. The Labute approximate surface area is 111 Å². The van der Waals surface area contributed by atoms with Gasteiger partial charge in [-0.15, -0.1) is 0 Å². The van der Waals surface area contributed by atoms with Gasteiger partial charge in [-0.05, 0) is 25.0 Å². The van der Waals surface area contributed by atoms with Gasteiger partial charge in [-0.2, -0.15) is 0 Å². The van der Waals surface area contributed by atoms with Crippen LogP contribution in [0.25, 0.3) is 0 Å². The highest BCUT2D eigenvalue weighted by molar-refractivity contribution is 5.92. The standard InChI is InChI=1S/C13H19N3O3/c1-14-11(17)8-13(19)5-3-7-16(9-13)12(18)10-4-2-6-15-10/h2,4,6,15,19H,3,5,7-9H2,1H3,(H,14,17). The van der Waals surface area contributed by atoms with Gasteiger partial charge < -0.3 is 20.3 Å². The van der Waals surface area contributed by atoms with Gasteiger partial charge in [0, 0.05) is 19.8 Å². The van der Waals surface area contributed by atoms with Crippen molar-refractivity contribution in [3.63, 3.8) is 0 Å². The number of H-pyrrole nitrogens is 1. The first-order chi connectivity index (χ1) is 9.04. The van der Waals surface area contributed by atoms with Crippen LogP contribution in [-0.4, -0.2) is 52.5 Å². The maximum absolute atomic E-state index is 12.2. The fourth-order valence-electron chi connectivity index (χ4n) is 2.45. The molecule has 1 unspecified atom stereocenters. The average molecular weight is 265 g/mol. The van der Waals surface area contributed by atoms with Crippen molar-refractivity contribution in [3.05, 3.63) is 24.0 Å². The molecule has 2 heterocycles. The van der Waals surface area contributed by atoms with Gasteiger partial charge in [0.2, 0.25) is 5.91 Å². The maximum Gasteiger partial charge on any atom is 0.270 e.